The molecule has 1 aromatic rings. The Morgan fingerprint density at radius 3 is 2.88 bits per heavy atom. The van der Waals surface area contributed by atoms with E-state index in [1.54, 1.807) is 13.2 Å². The van der Waals surface area contributed by atoms with Crippen LogP contribution in [0, 0.1) is 5.82 Å². The number of halogens is 2. The molecular weight excluding hydrogens is 273 g/mol. The number of ether oxygens (including phenoxy) is 1. The highest BCUT2D eigenvalue weighted by Crippen LogP contribution is 2.20. The highest BCUT2D eigenvalue weighted by molar-refractivity contribution is 9.10. The van der Waals surface area contributed by atoms with Gasteiger partial charge in [-0.05, 0) is 34.0 Å². The van der Waals surface area contributed by atoms with E-state index in [2.05, 4.69) is 28.2 Å². The van der Waals surface area contributed by atoms with E-state index < -0.39 is 0 Å². The van der Waals surface area contributed by atoms with Gasteiger partial charge in [0, 0.05) is 19.7 Å². The van der Waals surface area contributed by atoms with Gasteiger partial charge in [-0.3, -0.25) is 0 Å². The van der Waals surface area contributed by atoms with Gasteiger partial charge in [-0.1, -0.05) is 19.1 Å². The minimum Gasteiger partial charge on any atom is -0.383 e. The summed E-state index contributed by atoms with van der Waals surface area (Å²) in [4.78, 5) is 0. The summed E-state index contributed by atoms with van der Waals surface area (Å²) in [7, 11) is 1.68. The molecule has 0 bridgehead atoms. The van der Waals surface area contributed by atoms with Crippen molar-refractivity contribution in [3.8, 4) is 0 Å². The molecule has 1 aromatic carbocycles. The first-order valence-corrected chi connectivity index (χ1v) is 6.13. The Balaban J connectivity index is 2.56. The second-order valence-corrected chi connectivity index (χ2v) is 4.45. The van der Waals surface area contributed by atoms with Crippen molar-refractivity contribution in [3.63, 3.8) is 0 Å². The van der Waals surface area contributed by atoms with E-state index in [1.165, 1.54) is 6.07 Å². The summed E-state index contributed by atoms with van der Waals surface area (Å²) in [6, 6.07) is 5.37. The third-order valence-corrected chi connectivity index (χ3v) is 3.36. The summed E-state index contributed by atoms with van der Waals surface area (Å²) >= 11 is 3.24. The van der Waals surface area contributed by atoms with E-state index in [-0.39, 0.29) is 5.82 Å². The maximum absolute atomic E-state index is 13.2. The van der Waals surface area contributed by atoms with Gasteiger partial charge >= 0.3 is 0 Å². The van der Waals surface area contributed by atoms with Crippen molar-refractivity contribution in [2.45, 2.75) is 25.9 Å². The highest BCUT2D eigenvalue weighted by atomic mass is 79.9. The molecule has 0 amide bonds. The van der Waals surface area contributed by atoms with Crippen molar-refractivity contribution in [1.82, 2.24) is 5.32 Å². The van der Waals surface area contributed by atoms with Crippen LogP contribution in [0.3, 0.4) is 0 Å². The third kappa shape index (κ3) is 3.85. The highest BCUT2D eigenvalue weighted by Gasteiger charge is 2.08. The minimum absolute atomic E-state index is 0.223. The topological polar surface area (TPSA) is 21.3 Å². The Bertz CT molecular complexity index is 333. The number of nitrogens with one attached hydrogen (secondary N) is 1. The van der Waals surface area contributed by atoms with E-state index in [0.717, 1.165) is 12.0 Å². The molecule has 0 aromatic heterocycles. The molecule has 90 valence electrons. The van der Waals surface area contributed by atoms with Crippen molar-refractivity contribution >= 4 is 15.9 Å². The van der Waals surface area contributed by atoms with Gasteiger partial charge in [0.25, 0.3) is 0 Å². The molecule has 1 N–H and O–H groups in total. The number of methoxy groups -OCH3 is 1. The summed E-state index contributed by atoms with van der Waals surface area (Å²) in [5.41, 5.74) is 0.926. The Labute approximate surface area is 104 Å². The molecule has 0 aliphatic heterocycles. The maximum atomic E-state index is 13.2. The first-order chi connectivity index (χ1) is 7.69. The molecule has 0 spiro atoms. The lowest BCUT2D eigenvalue weighted by Gasteiger charge is -2.16. The fourth-order valence-corrected chi connectivity index (χ4v) is 1.87. The predicted octanol–water partition coefficient (Wildman–Crippen LogP) is 3.10. The summed E-state index contributed by atoms with van der Waals surface area (Å²) in [6.07, 6.45) is 0.987. The van der Waals surface area contributed by atoms with Crippen LogP contribution in [-0.2, 0) is 11.3 Å². The third-order valence-electron chi connectivity index (χ3n) is 2.47. The smallest absolute Gasteiger partial charge is 0.137 e. The van der Waals surface area contributed by atoms with Crippen molar-refractivity contribution in [2.75, 3.05) is 13.7 Å². The average Bonchev–Trinajstić information content (AvgIpc) is 2.29. The summed E-state index contributed by atoms with van der Waals surface area (Å²) < 4.78 is 18.9. The standard InChI is InChI=1S/C12H17BrFNO/c1-3-10(8-16-2)15-7-9-5-4-6-11(14)12(9)13/h4-6,10,15H,3,7-8H2,1-2H3. The van der Waals surface area contributed by atoms with Gasteiger partial charge in [0.1, 0.15) is 5.82 Å². The van der Waals surface area contributed by atoms with Crippen LogP contribution in [0.5, 0.6) is 0 Å². The summed E-state index contributed by atoms with van der Waals surface area (Å²) in [5, 5.41) is 3.33. The molecule has 2 nitrogen and oxygen atoms in total. The van der Waals surface area contributed by atoms with Crippen LogP contribution < -0.4 is 5.32 Å². The van der Waals surface area contributed by atoms with E-state index >= 15 is 0 Å². The van der Waals surface area contributed by atoms with Crippen molar-refractivity contribution in [3.05, 3.63) is 34.1 Å². The van der Waals surface area contributed by atoms with E-state index in [0.29, 0.717) is 23.7 Å². The van der Waals surface area contributed by atoms with Crippen molar-refractivity contribution < 1.29 is 9.13 Å². The molecule has 0 fully saturated rings. The molecule has 0 radical (unpaired) electrons. The SMILES string of the molecule is CCC(COC)NCc1cccc(F)c1Br. The zero-order valence-electron chi connectivity index (χ0n) is 9.59. The van der Waals surface area contributed by atoms with Crippen LogP contribution in [0.4, 0.5) is 4.39 Å². The van der Waals surface area contributed by atoms with Crippen LogP contribution in [0.2, 0.25) is 0 Å². The molecule has 16 heavy (non-hydrogen) atoms. The molecule has 0 saturated heterocycles. The minimum atomic E-state index is -0.223. The van der Waals surface area contributed by atoms with Gasteiger partial charge in [0.2, 0.25) is 0 Å². The Morgan fingerprint density at radius 1 is 1.50 bits per heavy atom. The Morgan fingerprint density at radius 2 is 2.25 bits per heavy atom. The normalized spacial score (nSPS) is 12.8. The molecular formula is C12H17BrFNO. The van der Waals surface area contributed by atoms with Gasteiger partial charge in [0.15, 0.2) is 0 Å². The number of benzene rings is 1. The first-order valence-electron chi connectivity index (χ1n) is 5.34. The van der Waals surface area contributed by atoms with Crippen LogP contribution >= 0.6 is 15.9 Å². The Kier molecular flexibility index (Phi) is 5.95. The van der Waals surface area contributed by atoms with E-state index in [4.69, 9.17) is 4.74 Å². The number of hydrogen-bond acceptors (Lipinski definition) is 2. The molecule has 1 unspecified atom stereocenters. The van der Waals surface area contributed by atoms with Crippen LogP contribution in [0.25, 0.3) is 0 Å². The summed E-state index contributed by atoms with van der Waals surface area (Å²) in [6.45, 7) is 3.40. The van der Waals surface area contributed by atoms with Gasteiger partial charge in [0.05, 0.1) is 11.1 Å². The van der Waals surface area contributed by atoms with Crippen LogP contribution in [-0.4, -0.2) is 19.8 Å². The molecule has 4 heteroatoms. The van der Waals surface area contributed by atoms with Gasteiger partial charge < -0.3 is 10.1 Å². The van der Waals surface area contributed by atoms with Crippen molar-refractivity contribution in [1.29, 1.82) is 0 Å². The maximum Gasteiger partial charge on any atom is 0.137 e. The first kappa shape index (κ1) is 13.6. The fraction of sp³-hybridized carbons (Fsp3) is 0.500. The number of hydrogen-bond donors (Lipinski definition) is 1. The summed E-state index contributed by atoms with van der Waals surface area (Å²) in [5.74, 6) is -0.223. The van der Waals surface area contributed by atoms with Crippen LogP contribution in [0.15, 0.2) is 22.7 Å². The molecule has 0 heterocycles. The zero-order valence-corrected chi connectivity index (χ0v) is 11.2. The second-order valence-electron chi connectivity index (χ2n) is 3.65. The quantitative estimate of drug-likeness (QED) is 0.869. The van der Waals surface area contributed by atoms with Gasteiger partial charge in [-0.2, -0.15) is 0 Å². The lowest BCUT2D eigenvalue weighted by atomic mass is 10.2. The molecule has 1 rings (SSSR count). The molecule has 0 aliphatic carbocycles. The Hall–Kier alpha value is -0.450. The monoisotopic (exact) mass is 289 g/mol. The fourth-order valence-electron chi connectivity index (χ4n) is 1.46. The molecule has 0 aliphatic rings. The lowest BCUT2D eigenvalue weighted by molar-refractivity contribution is 0.164. The molecule has 0 saturated carbocycles. The predicted molar refractivity (Wildman–Crippen MR) is 66.9 cm³/mol. The van der Waals surface area contributed by atoms with E-state index in [9.17, 15) is 4.39 Å². The van der Waals surface area contributed by atoms with Gasteiger partial charge in [-0.25, -0.2) is 4.39 Å². The largest absolute Gasteiger partial charge is 0.383 e. The molecule has 1 atom stereocenters. The van der Waals surface area contributed by atoms with Crippen molar-refractivity contribution in [2.24, 2.45) is 0 Å². The number of rotatable bonds is 6. The zero-order chi connectivity index (χ0) is 12.0. The lowest BCUT2D eigenvalue weighted by Crippen LogP contribution is -2.32. The van der Waals surface area contributed by atoms with Gasteiger partial charge in [-0.15, -0.1) is 0 Å². The average molecular weight is 290 g/mol. The van der Waals surface area contributed by atoms with Crippen LogP contribution in [0.1, 0.15) is 18.9 Å². The second kappa shape index (κ2) is 6.99. The van der Waals surface area contributed by atoms with E-state index in [1.807, 2.05) is 6.07 Å².